The number of nitrogens with zero attached hydrogens (tertiary/aromatic N) is 1. The Morgan fingerprint density at radius 2 is 2.25 bits per heavy atom. The van der Waals surface area contributed by atoms with E-state index in [1.165, 1.54) is 19.9 Å². The van der Waals surface area contributed by atoms with Crippen LogP contribution in [0.2, 0.25) is 0 Å². The minimum absolute atomic E-state index is 0.0613. The van der Waals surface area contributed by atoms with Gasteiger partial charge in [0.2, 0.25) is 0 Å². The molecule has 88 valence electrons. The lowest BCUT2D eigenvalue weighted by Gasteiger charge is -2.09. The van der Waals surface area contributed by atoms with E-state index in [0.29, 0.717) is 5.56 Å². The van der Waals surface area contributed by atoms with Crippen LogP contribution in [0.3, 0.4) is 0 Å². The normalized spacial score (nSPS) is 12.2. The maximum atomic E-state index is 13.3. The highest BCUT2D eigenvalue weighted by molar-refractivity contribution is 5.45. The van der Waals surface area contributed by atoms with Crippen LogP contribution in [0.1, 0.15) is 12.5 Å². The van der Waals surface area contributed by atoms with Gasteiger partial charge in [-0.15, -0.1) is 0 Å². The monoisotopic (exact) mass is 229 g/mol. The van der Waals surface area contributed by atoms with Crippen molar-refractivity contribution in [2.75, 3.05) is 6.61 Å². The molecule has 0 amide bonds. The Morgan fingerprint density at radius 1 is 1.62 bits per heavy atom. The molecule has 0 aliphatic rings. The summed E-state index contributed by atoms with van der Waals surface area (Å²) in [4.78, 5) is 9.85. The van der Waals surface area contributed by atoms with Gasteiger partial charge in [0.25, 0.3) is 5.69 Å². The van der Waals surface area contributed by atoms with Gasteiger partial charge in [-0.05, 0) is 19.9 Å². The van der Waals surface area contributed by atoms with Crippen LogP contribution in [0.5, 0.6) is 5.75 Å². The molecular weight excluding hydrogens is 217 g/mol. The number of benzene rings is 1. The van der Waals surface area contributed by atoms with Crippen molar-refractivity contribution in [3.63, 3.8) is 0 Å². The highest BCUT2D eigenvalue weighted by atomic mass is 19.1. The van der Waals surface area contributed by atoms with Crippen molar-refractivity contribution in [2.24, 2.45) is 0 Å². The molecule has 1 N–H and O–H groups in total. The molecular formula is C10H12FNO4. The van der Waals surface area contributed by atoms with Gasteiger partial charge in [0.1, 0.15) is 6.61 Å². The molecule has 0 bridgehead atoms. The maximum Gasteiger partial charge on any atom is 0.275 e. The standard InChI is InChI=1S/C10H12FNO4/c1-6-3-10(16-5-7(2)13)8(11)4-9(6)12(14)15/h3-4,7,13H,5H2,1-2H3/t7-/m0/s1. The zero-order chi connectivity index (χ0) is 12.3. The Kier molecular flexibility index (Phi) is 3.78. The number of nitro benzene ring substituents is 1. The molecule has 0 fully saturated rings. The van der Waals surface area contributed by atoms with Crippen LogP contribution in [-0.4, -0.2) is 22.7 Å². The smallest absolute Gasteiger partial charge is 0.275 e. The molecule has 0 aliphatic heterocycles. The summed E-state index contributed by atoms with van der Waals surface area (Å²) in [6.07, 6.45) is -0.727. The van der Waals surface area contributed by atoms with Gasteiger partial charge in [0, 0.05) is 5.56 Å². The van der Waals surface area contributed by atoms with Gasteiger partial charge in [-0.1, -0.05) is 0 Å². The van der Waals surface area contributed by atoms with E-state index in [0.717, 1.165) is 6.07 Å². The number of hydrogen-bond acceptors (Lipinski definition) is 4. The van der Waals surface area contributed by atoms with Gasteiger partial charge in [-0.25, -0.2) is 4.39 Å². The fourth-order valence-electron chi connectivity index (χ4n) is 1.16. The fourth-order valence-corrected chi connectivity index (χ4v) is 1.16. The Morgan fingerprint density at radius 3 is 2.75 bits per heavy atom. The number of nitro groups is 1. The van der Waals surface area contributed by atoms with E-state index in [1.54, 1.807) is 0 Å². The summed E-state index contributed by atoms with van der Waals surface area (Å²) in [5.41, 5.74) is 0.0221. The molecule has 1 aromatic carbocycles. The maximum absolute atomic E-state index is 13.3. The predicted octanol–water partition coefficient (Wildman–Crippen LogP) is 1.80. The second-order valence-electron chi connectivity index (χ2n) is 3.49. The molecule has 6 heteroatoms. The molecule has 5 nitrogen and oxygen atoms in total. The zero-order valence-corrected chi connectivity index (χ0v) is 8.94. The minimum atomic E-state index is -0.807. The quantitative estimate of drug-likeness (QED) is 0.631. The van der Waals surface area contributed by atoms with Gasteiger partial charge in [0.15, 0.2) is 11.6 Å². The van der Waals surface area contributed by atoms with Crippen molar-refractivity contribution in [1.82, 2.24) is 0 Å². The summed E-state index contributed by atoms with van der Waals surface area (Å²) in [6, 6.07) is 2.06. The van der Waals surface area contributed by atoms with Crippen LogP contribution in [0.4, 0.5) is 10.1 Å². The Bertz CT molecular complexity index is 406. The first-order valence-electron chi connectivity index (χ1n) is 4.67. The van der Waals surface area contributed by atoms with E-state index in [2.05, 4.69) is 0 Å². The topological polar surface area (TPSA) is 72.6 Å². The summed E-state index contributed by atoms with van der Waals surface area (Å²) < 4.78 is 18.3. The van der Waals surface area contributed by atoms with Crippen molar-refractivity contribution in [1.29, 1.82) is 0 Å². The second kappa shape index (κ2) is 4.89. The number of aryl methyl sites for hydroxylation is 1. The zero-order valence-electron chi connectivity index (χ0n) is 8.94. The minimum Gasteiger partial charge on any atom is -0.488 e. The first-order valence-corrected chi connectivity index (χ1v) is 4.67. The average Bonchev–Trinajstić information content (AvgIpc) is 2.18. The van der Waals surface area contributed by atoms with Crippen LogP contribution in [-0.2, 0) is 0 Å². The third-order valence-electron chi connectivity index (χ3n) is 1.93. The van der Waals surface area contributed by atoms with Gasteiger partial charge >= 0.3 is 0 Å². The van der Waals surface area contributed by atoms with E-state index in [1.807, 2.05) is 0 Å². The lowest BCUT2D eigenvalue weighted by atomic mass is 10.2. The lowest BCUT2D eigenvalue weighted by Crippen LogP contribution is -2.13. The largest absolute Gasteiger partial charge is 0.488 e. The third-order valence-corrected chi connectivity index (χ3v) is 1.93. The molecule has 1 rings (SSSR count). The number of ether oxygens (including phenoxy) is 1. The fraction of sp³-hybridized carbons (Fsp3) is 0.400. The third kappa shape index (κ3) is 2.90. The van der Waals surface area contributed by atoms with Gasteiger partial charge in [-0.2, -0.15) is 0 Å². The summed E-state index contributed by atoms with van der Waals surface area (Å²) in [7, 11) is 0. The molecule has 1 atom stereocenters. The highest BCUT2D eigenvalue weighted by Crippen LogP contribution is 2.26. The number of halogens is 1. The Labute approximate surface area is 91.6 Å². The first-order chi connectivity index (χ1) is 7.41. The number of aliphatic hydroxyl groups excluding tert-OH is 1. The van der Waals surface area contributed by atoms with E-state index < -0.39 is 16.8 Å². The summed E-state index contributed by atoms with van der Waals surface area (Å²) in [5.74, 6) is -0.901. The molecule has 16 heavy (non-hydrogen) atoms. The van der Waals surface area contributed by atoms with Crippen molar-refractivity contribution in [2.45, 2.75) is 20.0 Å². The molecule has 0 saturated carbocycles. The Hall–Kier alpha value is -1.69. The van der Waals surface area contributed by atoms with Crippen molar-refractivity contribution in [3.8, 4) is 5.75 Å². The molecule has 0 unspecified atom stereocenters. The van der Waals surface area contributed by atoms with Crippen LogP contribution < -0.4 is 4.74 Å². The average molecular weight is 229 g/mol. The van der Waals surface area contributed by atoms with E-state index in [4.69, 9.17) is 9.84 Å². The number of hydrogen-bond donors (Lipinski definition) is 1. The SMILES string of the molecule is Cc1cc(OC[C@H](C)O)c(F)cc1[N+](=O)[O-]. The predicted molar refractivity (Wildman–Crippen MR) is 55.0 cm³/mol. The first kappa shape index (κ1) is 12.4. The molecule has 0 heterocycles. The van der Waals surface area contributed by atoms with Gasteiger partial charge in [-0.3, -0.25) is 10.1 Å². The lowest BCUT2D eigenvalue weighted by molar-refractivity contribution is -0.385. The molecule has 0 aliphatic carbocycles. The van der Waals surface area contributed by atoms with Crippen molar-refractivity contribution < 1.29 is 19.2 Å². The van der Waals surface area contributed by atoms with Gasteiger partial charge in [0.05, 0.1) is 17.1 Å². The molecule has 0 aromatic heterocycles. The van der Waals surface area contributed by atoms with Crippen LogP contribution in [0.15, 0.2) is 12.1 Å². The van der Waals surface area contributed by atoms with E-state index in [9.17, 15) is 14.5 Å². The summed E-state index contributed by atoms with van der Waals surface area (Å²) in [5, 5.41) is 19.5. The van der Waals surface area contributed by atoms with Crippen LogP contribution in [0.25, 0.3) is 0 Å². The summed E-state index contributed by atoms with van der Waals surface area (Å²) in [6.45, 7) is 2.93. The van der Waals surface area contributed by atoms with Crippen LogP contribution >= 0.6 is 0 Å². The van der Waals surface area contributed by atoms with E-state index >= 15 is 0 Å². The van der Waals surface area contributed by atoms with Crippen LogP contribution in [0, 0.1) is 22.9 Å². The Balaban J connectivity index is 2.96. The second-order valence-corrected chi connectivity index (χ2v) is 3.49. The number of rotatable bonds is 4. The molecule has 0 saturated heterocycles. The number of aliphatic hydroxyl groups is 1. The van der Waals surface area contributed by atoms with Crippen molar-refractivity contribution >= 4 is 5.69 Å². The molecule has 0 spiro atoms. The van der Waals surface area contributed by atoms with Gasteiger partial charge < -0.3 is 9.84 Å². The van der Waals surface area contributed by atoms with Crippen molar-refractivity contribution in [3.05, 3.63) is 33.6 Å². The molecule has 1 aromatic rings. The summed E-state index contributed by atoms with van der Waals surface area (Å²) >= 11 is 0. The molecule has 0 radical (unpaired) electrons. The highest BCUT2D eigenvalue weighted by Gasteiger charge is 2.16. The van der Waals surface area contributed by atoms with E-state index in [-0.39, 0.29) is 18.0 Å².